The maximum atomic E-state index is 12.2. The van der Waals surface area contributed by atoms with E-state index in [0.717, 1.165) is 23.2 Å². The number of rotatable bonds is 4. The third kappa shape index (κ3) is 4.58. The molecular weight excluding hydrogens is 376 g/mol. The molecule has 146 valence electrons. The number of hydrazine groups is 1. The van der Waals surface area contributed by atoms with Gasteiger partial charge in [-0.25, -0.2) is 0 Å². The fraction of sp³-hybridized carbons (Fsp3) is 0.250. The SMILES string of the molecule is CCc1cccc(C)c1NC(=S)NNC(=O)C[C@H]1Oc2ccccc2NC1=O. The summed E-state index contributed by atoms with van der Waals surface area (Å²) >= 11 is 5.25. The van der Waals surface area contributed by atoms with E-state index < -0.39 is 12.0 Å². The Balaban J connectivity index is 1.52. The minimum atomic E-state index is -0.902. The molecule has 28 heavy (non-hydrogen) atoms. The van der Waals surface area contributed by atoms with Crippen molar-refractivity contribution >= 4 is 40.5 Å². The zero-order chi connectivity index (χ0) is 20.1. The topological polar surface area (TPSA) is 91.5 Å². The summed E-state index contributed by atoms with van der Waals surface area (Å²) < 4.78 is 5.61. The molecule has 2 aromatic rings. The highest BCUT2D eigenvalue weighted by Crippen LogP contribution is 2.29. The first-order valence-electron chi connectivity index (χ1n) is 8.98. The average Bonchev–Trinajstić information content (AvgIpc) is 2.68. The van der Waals surface area contributed by atoms with E-state index in [-0.39, 0.29) is 17.4 Å². The van der Waals surface area contributed by atoms with Gasteiger partial charge in [0.2, 0.25) is 5.91 Å². The van der Waals surface area contributed by atoms with Crippen LogP contribution in [0.4, 0.5) is 11.4 Å². The van der Waals surface area contributed by atoms with Crippen LogP contribution in [0.5, 0.6) is 5.75 Å². The molecule has 0 unspecified atom stereocenters. The van der Waals surface area contributed by atoms with Gasteiger partial charge in [-0.05, 0) is 48.8 Å². The second-order valence-electron chi connectivity index (χ2n) is 6.39. The van der Waals surface area contributed by atoms with E-state index >= 15 is 0 Å². The lowest BCUT2D eigenvalue weighted by molar-refractivity contribution is -0.130. The largest absolute Gasteiger partial charge is 0.478 e. The Morgan fingerprint density at radius 2 is 1.96 bits per heavy atom. The van der Waals surface area contributed by atoms with Crippen LogP contribution in [0.25, 0.3) is 0 Å². The van der Waals surface area contributed by atoms with Crippen LogP contribution in [0, 0.1) is 6.92 Å². The van der Waals surface area contributed by atoms with Crippen LogP contribution in [0.15, 0.2) is 42.5 Å². The van der Waals surface area contributed by atoms with Gasteiger partial charge in [-0.1, -0.05) is 37.3 Å². The van der Waals surface area contributed by atoms with Gasteiger partial charge in [0.05, 0.1) is 12.1 Å². The molecule has 0 aliphatic carbocycles. The van der Waals surface area contributed by atoms with Crippen molar-refractivity contribution in [1.29, 1.82) is 0 Å². The van der Waals surface area contributed by atoms with E-state index in [1.165, 1.54) is 0 Å². The van der Waals surface area contributed by atoms with Crippen molar-refractivity contribution < 1.29 is 14.3 Å². The van der Waals surface area contributed by atoms with Gasteiger partial charge < -0.3 is 15.4 Å². The molecule has 0 radical (unpaired) electrons. The third-order valence-electron chi connectivity index (χ3n) is 4.37. The lowest BCUT2D eigenvalue weighted by Crippen LogP contribution is -2.47. The number of aryl methyl sites for hydroxylation is 2. The van der Waals surface area contributed by atoms with Crippen LogP contribution >= 0.6 is 12.2 Å². The Labute approximate surface area is 168 Å². The Morgan fingerprint density at radius 3 is 2.75 bits per heavy atom. The minimum absolute atomic E-state index is 0.139. The molecule has 0 bridgehead atoms. The van der Waals surface area contributed by atoms with Crippen LogP contribution in [0.2, 0.25) is 0 Å². The van der Waals surface area contributed by atoms with Crippen LogP contribution < -0.4 is 26.2 Å². The lowest BCUT2D eigenvalue weighted by atomic mass is 10.1. The van der Waals surface area contributed by atoms with Crippen LogP contribution in [0.1, 0.15) is 24.5 Å². The number of nitrogens with one attached hydrogen (secondary N) is 4. The molecule has 0 saturated heterocycles. The van der Waals surface area contributed by atoms with Gasteiger partial charge in [0, 0.05) is 5.69 Å². The summed E-state index contributed by atoms with van der Waals surface area (Å²) in [4.78, 5) is 24.3. The second kappa shape index (κ2) is 8.71. The van der Waals surface area contributed by atoms with Gasteiger partial charge in [-0.3, -0.25) is 20.4 Å². The number of carbonyl (C=O) groups is 2. The maximum absolute atomic E-state index is 12.2. The monoisotopic (exact) mass is 398 g/mol. The number of hydrogen-bond donors (Lipinski definition) is 4. The van der Waals surface area contributed by atoms with Crippen LogP contribution in [-0.2, 0) is 16.0 Å². The molecule has 1 heterocycles. The zero-order valence-corrected chi connectivity index (χ0v) is 16.5. The number of thiocarbonyl (C=S) groups is 1. The third-order valence-corrected chi connectivity index (χ3v) is 4.58. The first-order chi connectivity index (χ1) is 13.5. The number of amides is 2. The van der Waals surface area contributed by atoms with E-state index in [1.54, 1.807) is 24.3 Å². The van der Waals surface area contributed by atoms with Gasteiger partial charge in [-0.2, -0.15) is 0 Å². The van der Waals surface area contributed by atoms with Crippen molar-refractivity contribution in [2.24, 2.45) is 0 Å². The number of ether oxygens (including phenoxy) is 1. The standard InChI is InChI=1S/C20H22N4O3S/c1-3-13-8-6-7-12(2)18(13)22-20(28)24-23-17(25)11-16-19(26)21-14-9-4-5-10-15(14)27-16/h4-10,16H,3,11H2,1-2H3,(H,21,26)(H,23,25)(H2,22,24,28)/t16-/m1/s1. The molecule has 0 aromatic heterocycles. The van der Waals surface area contributed by atoms with E-state index in [1.807, 2.05) is 25.1 Å². The summed E-state index contributed by atoms with van der Waals surface area (Å²) in [5.41, 5.74) is 8.86. The molecular formula is C20H22N4O3S. The number of benzene rings is 2. The number of carbonyl (C=O) groups excluding carboxylic acids is 2. The Hall–Kier alpha value is -3.13. The number of para-hydroxylation sites is 3. The Morgan fingerprint density at radius 1 is 1.18 bits per heavy atom. The Bertz CT molecular complexity index is 916. The van der Waals surface area contributed by atoms with Crippen molar-refractivity contribution in [1.82, 2.24) is 10.9 Å². The minimum Gasteiger partial charge on any atom is -0.478 e. The van der Waals surface area contributed by atoms with Gasteiger partial charge in [0.1, 0.15) is 5.75 Å². The lowest BCUT2D eigenvalue weighted by Gasteiger charge is -2.25. The number of anilines is 2. The van der Waals surface area contributed by atoms with E-state index in [0.29, 0.717) is 11.4 Å². The molecule has 2 aromatic carbocycles. The smallest absolute Gasteiger partial charge is 0.266 e. The first kappa shape index (κ1) is 19.6. The molecule has 1 aliphatic rings. The van der Waals surface area contributed by atoms with E-state index in [9.17, 15) is 9.59 Å². The van der Waals surface area contributed by atoms with Crippen molar-refractivity contribution in [3.05, 3.63) is 53.6 Å². The van der Waals surface area contributed by atoms with Crippen LogP contribution in [0.3, 0.4) is 0 Å². The molecule has 7 nitrogen and oxygen atoms in total. The molecule has 0 spiro atoms. The first-order valence-corrected chi connectivity index (χ1v) is 9.39. The molecule has 2 amide bonds. The summed E-state index contributed by atoms with van der Waals surface area (Å²) in [7, 11) is 0. The maximum Gasteiger partial charge on any atom is 0.266 e. The predicted octanol–water partition coefficient (Wildman–Crippen LogP) is 2.66. The average molecular weight is 398 g/mol. The summed E-state index contributed by atoms with van der Waals surface area (Å²) in [5.74, 6) is -0.233. The Kier molecular flexibility index (Phi) is 6.10. The van der Waals surface area contributed by atoms with Crippen LogP contribution in [-0.4, -0.2) is 23.0 Å². The predicted molar refractivity (Wildman–Crippen MR) is 112 cm³/mol. The highest BCUT2D eigenvalue weighted by molar-refractivity contribution is 7.80. The highest BCUT2D eigenvalue weighted by atomic mass is 32.1. The summed E-state index contributed by atoms with van der Waals surface area (Å²) in [6.45, 7) is 4.05. The molecule has 3 rings (SSSR count). The fourth-order valence-corrected chi connectivity index (χ4v) is 3.07. The molecule has 1 atom stereocenters. The van der Waals surface area contributed by atoms with Gasteiger partial charge in [0.25, 0.3) is 5.91 Å². The quantitative estimate of drug-likeness (QED) is 0.468. The summed E-state index contributed by atoms with van der Waals surface area (Å²) in [6, 6.07) is 13.1. The molecule has 1 aliphatic heterocycles. The fourth-order valence-electron chi connectivity index (χ4n) is 2.92. The second-order valence-corrected chi connectivity index (χ2v) is 6.79. The number of fused-ring (bicyclic) bond motifs is 1. The summed E-state index contributed by atoms with van der Waals surface area (Å²) in [5, 5.41) is 6.10. The highest BCUT2D eigenvalue weighted by Gasteiger charge is 2.29. The zero-order valence-electron chi connectivity index (χ0n) is 15.7. The molecule has 8 heteroatoms. The van der Waals surface area contributed by atoms with Crippen molar-refractivity contribution in [3.63, 3.8) is 0 Å². The molecule has 0 saturated carbocycles. The number of hydrogen-bond acceptors (Lipinski definition) is 4. The van der Waals surface area contributed by atoms with Gasteiger partial charge in [0.15, 0.2) is 11.2 Å². The van der Waals surface area contributed by atoms with Crippen molar-refractivity contribution in [2.75, 3.05) is 10.6 Å². The normalized spacial score (nSPS) is 14.9. The molecule has 4 N–H and O–H groups in total. The van der Waals surface area contributed by atoms with Crippen molar-refractivity contribution in [3.8, 4) is 5.75 Å². The van der Waals surface area contributed by atoms with E-state index in [4.69, 9.17) is 17.0 Å². The van der Waals surface area contributed by atoms with Gasteiger partial charge >= 0.3 is 0 Å². The van der Waals surface area contributed by atoms with E-state index in [2.05, 4.69) is 28.4 Å². The molecule has 0 fully saturated rings. The van der Waals surface area contributed by atoms with Gasteiger partial charge in [-0.15, -0.1) is 0 Å². The summed E-state index contributed by atoms with van der Waals surface area (Å²) in [6.07, 6.45) is -0.184. The van der Waals surface area contributed by atoms with Crippen molar-refractivity contribution in [2.45, 2.75) is 32.8 Å².